The third kappa shape index (κ3) is 4.80. The summed E-state index contributed by atoms with van der Waals surface area (Å²) in [6, 6.07) is 7.58. The van der Waals surface area contributed by atoms with Crippen molar-refractivity contribution >= 4 is 34.9 Å². The van der Waals surface area contributed by atoms with Crippen LogP contribution in [0.25, 0.3) is 0 Å². The first-order valence-corrected chi connectivity index (χ1v) is 9.46. The van der Waals surface area contributed by atoms with Crippen molar-refractivity contribution in [1.29, 1.82) is 0 Å². The first-order valence-electron chi connectivity index (χ1n) is 9.09. The SMILES string of the molecule is CCOC(=O)C1CCCN(c2ncnc(NCc3ccc(Cl)cc3)c2N)C1. The van der Waals surface area contributed by atoms with Crippen LogP contribution in [-0.4, -0.2) is 35.6 Å². The van der Waals surface area contributed by atoms with Gasteiger partial charge in [0.15, 0.2) is 11.6 Å². The molecular formula is C19H24ClN5O2. The number of nitrogen functional groups attached to an aromatic ring is 1. The quantitative estimate of drug-likeness (QED) is 0.733. The molecule has 144 valence electrons. The van der Waals surface area contributed by atoms with Crippen LogP contribution in [0.3, 0.4) is 0 Å². The topological polar surface area (TPSA) is 93.4 Å². The van der Waals surface area contributed by atoms with Gasteiger partial charge in [-0.15, -0.1) is 0 Å². The molecule has 0 radical (unpaired) electrons. The van der Waals surface area contributed by atoms with Gasteiger partial charge in [-0.1, -0.05) is 23.7 Å². The molecule has 0 saturated carbocycles. The normalized spacial score (nSPS) is 16.8. The smallest absolute Gasteiger partial charge is 0.310 e. The molecule has 1 aromatic heterocycles. The molecule has 2 heterocycles. The Hall–Kier alpha value is -2.54. The summed E-state index contributed by atoms with van der Waals surface area (Å²) in [6.45, 7) is 4.14. The number of hydrogen-bond acceptors (Lipinski definition) is 7. The summed E-state index contributed by atoms with van der Waals surface area (Å²) in [7, 11) is 0. The highest BCUT2D eigenvalue weighted by Gasteiger charge is 2.28. The fraction of sp³-hybridized carbons (Fsp3) is 0.421. The van der Waals surface area contributed by atoms with Crippen LogP contribution in [0, 0.1) is 5.92 Å². The number of rotatable bonds is 6. The second-order valence-corrected chi connectivity index (χ2v) is 6.91. The number of nitrogens with zero attached hydrogens (tertiary/aromatic N) is 3. The van der Waals surface area contributed by atoms with E-state index in [1.54, 1.807) is 0 Å². The van der Waals surface area contributed by atoms with Crippen molar-refractivity contribution in [3.8, 4) is 0 Å². The van der Waals surface area contributed by atoms with E-state index in [0.29, 0.717) is 42.0 Å². The number of ether oxygens (including phenoxy) is 1. The summed E-state index contributed by atoms with van der Waals surface area (Å²) < 4.78 is 5.16. The van der Waals surface area contributed by atoms with Crippen molar-refractivity contribution in [2.45, 2.75) is 26.3 Å². The molecule has 1 saturated heterocycles. The van der Waals surface area contributed by atoms with Crippen LogP contribution in [-0.2, 0) is 16.1 Å². The van der Waals surface area contributed by atoms with Gasteiger partial charge >= 0.3 is 5.97 Å². The predicted molar refractivity (Wildman–Crippen MR) is 107 cm³/mol. The Bertz CT molecular complexity index is 784. The molecule has 1 unspecified atom stereocenters. The number of aromatic nitrogens is 2. The zero-order valence-electron chi connectivity index (χ0n) is 15.3. The standard InChI is InChI=1S/C19H24ClN5O2/c1-2-27-19(26)14-4-3-9-25(11-14)18-16(21)17(23-12-24-18)22-10-13-5-7-15(20)8-6-13/h5-8,12,14H,2-4,9-11,21H2,1H3,(H,22,23,24). The van der Waals surface area contributed by atoms with Gasteiger partial charge in [-0.05, 0) is 37.5 Å². The molecule has 2 aromatic rings. The van der Waals surface area contributed by atoms with Gasteiger partial charge in [0.05, 0.1) is 12.5 Å². The monoisotopic (exact) mass is 389 g/mol. The van der Waals surface area contributed by atoms with Gasteiger partial charge in [0.25, 0.3) is 0 Å². The maximum absolute atomic E-state index is 12.1. The molecule has 7 nitrogen and oxygen atoms in total. The summed E-state index contributed by atoms with van der Waals surface area (Å²) in [6.07, 6.45) is 3.20. The maximum atomic E-state index is 12.1. The number of esters is 1. The lowest BCUT2D eigenvalue weighted by molar-refractivity contribution is -0.148. The van der Waals surface area contributed by atoms with Crippen molar-refractivity contribution in [2.24, 2.45) is 5.92 Å². The third-order valence-electron chi connectivity index (χ3n) is 4.58. The van der Waals surface area contributed by atoms with Gasteiger partial charge in [-0.25, -0.2) is 9.97 Å². The van der Waals surface area contributed by atoms with E-state index in [0.717, 1.165) is 24.9 Å². The minimum absolute atomic E-state index is 0.154. The average Bonchev–Trinajstić information content (AvgIpc) is 2.69. The molecular weight excluding hydrogens is 366 g/mol. The molecule has 1 aliphatic heterocycles. The molecule has 1 aromatic carbocycles. The van der Waals surface area contributed by atoms with Crippen LogP contribution in [0.1, 0.15) is 25.3 Å². The molecule has 27 heavy (non-hydrogen) atoms. The van der Waals surface area contributed by atoms with Gasteiger partial charge in [-0.3, -0.25) is 4.79 Å². The molecule has 1 atom stereocenters. The number of carbonyl (C=O) groups excluding carboxylic acids is 1. The van der Waals surface area contributed by atoms with Crippen LogP contribution in [0.15, 0.2) is 30.6 Å². The summed E-state index contributed by atoms with van der Waals surface area (Å²) >= 11 is 5.92. The molecule has 3 rings (SSSR count). The summed E-state index contributed by atoms with van der Waals surface area (Å²) in [4.78, 5) is 22.7. The molecule has 1 fully saturated rings. The first kappa shape index (κ1) is 19.2. The molecule has 1 aliphatic rings. The van der Waals surface area contributed by atoms with E-state index >= 15 is 0 Å². The molecule has 8 heteroatoms. The Kier molecular flexibility index (Phi) is 6.34. The number of benzene rings is 1. The van der Waals surface area contributed by atoms with E-state index in [9.17, 15) is 4.79 Å². The number of piperidine rings is 1. The maximum Gasteiger partial charge on any atom is 0.310 e. The van der Waals surface area contributed by atoms with E-state index < -0.39 is 0 Å². The fourth-order valence-electron chi connectivity index (χ4n) is 3.19. The van der Waals surface area contributed by atoms with Gasteiger partial charge in [-0.2, -0.15) is 0 Å². The van der Waals surface area contributed by atoms with E-state index in [1.165, 1.54) is 6.33 Å². The summed E-state index contributed by atoms with van der Waals surface area (Å²) in [5.41, 5.74) is 7.87. The van der Waals surface area contributed by atoms with Crippen molar-refractivity contribution < 1.29 is 9.53 Å². The van der Waals surface area contributed by atoms with Crippen molar-refractivity contribution in [1.82, 2.24) is 9.97 Å². The zero-order valence-corrected chi connectivity index (χ0v) is 16.1. The van der Waals surface area contributed by atoms with E-state index in [-0.39, 0.29) is 11.9 Å². The minimum Gasteiger partial charge on any atom is -0.466 e. The van der Waals surface area contributed by atoms with Crippen molar-refractivity contribution in [3.05, 3.63) is 41.2 Å². The van der Waals surface area contributed by atoms with Gasteiger partial charge in [0.1, 0.15) is 12.0 Å². The van der Waals surface area contributed by atoms with Crippen LogP contribution in [0.2, 0.25) is 5.02 Å². The number of hydrogen-bond donors (Lipinski definition) is 2. The summed E-state index contributed by atoms with van der Waals surface area (Å²) in [5.74, 6) is 0.917. The first-order chi connectivity index (χ1) is 13.1. The van der Waals surface area contributed by atoms with E-state index in [4.69, 9.17) is 22.1 Å². The van der Waals surface area contributed by atoms with Crippen LogP contribution < -0.4 is 16.0 Å². The highest BCUT2D eigenvalue weighted by atomic mass is 35.5. The van der Waals surface area contributed by atoms with E-state index in [2.05, 4.69) is 15.3 Å². The fourth-order valence-corrected chi connectivity index (χ4v) is 3.32. The van der Waals surface area contributed by atoms with Crippen molar-refractivity contribution in [3.63, 3.8) is 0 Å². The number of carbonyl (C=O) groups is 1. The predicted octanol–water partition coefficient (Wildman–Crippen LogP) is 3.10. The molecule has 3 N–H and O–H groups in total. The second-order valence-electron chi connectivity index (χ2n) is 6.48. The number of nitrogens with two attached hydrogens (primary N) is 1. The number of halogens is 1. The lowest BCUT2D eigenvalue weighted by atomic mass is 9.98. The van der Waals surface area contributed by atoms with Gasteiger partial charge in [0.2, 0.25) is 0 Å². The number of anilines is 3. The Labute approximate surface area is 163 Å². The van der Waals surface area contributed by atoms with Crippen LogP contribution >= 0.6 is 11.6 Å². The van der Waals surface area contributed by atoms with Gasteiger partial charge in [0, 0.05) is 24.7 Å². The molecule has 0 spiro atoms. The molecule has 0 aliphatic carbocycles. The highest BCUT2D eigenvalue weighted by Crippen LogP contribution is 2.30. The Morgan fingerprint density at radius 3 is 2.89 bits per heavy atom. The number of nitrogens with one attached hydrogen (secondary N) is 1. The largest absolute Gasteiger partial charge is 0.466 e. The highest BCUT2D eigenvalue weighted by molar-refractivity contribution is 6.30. The molecule has 0 bridgehead atoms. The lowest BCUT2D eigenvalue weighted by Gasteiger charge is -2.33. The Morgan fingerprint density at radius 2 is 2.15 bits per heavy atom. The third-order valence-corrected chi connectivity index (χ3v) is 4.83. The Morgan fingerprint density at radius 1 is 1.37 bits per heavy atom. The lowest BCUT2D eigenvalue weighted by Crippen LogP contribution is -2.40. The van der Waals surface area contributed by atoms with Crippen LogP contribution in [0.5, 0.6) is 0 Å². The second kappa shape index (κ2) is 8.90. The minimum atomic E-state index is -0.157. The zero-order chi connectivity index (χ0) is 19.2. The van der Waals surface area contributed by atoms with E-state index in [1.807, 2.05) is 36.1 Å². The average molecular weight is 390 g/mol. The summed E-state index contributed by atoms with van der Waals surface area (Å²) in [5, 5.41) is 3.94. The van der Waals surface area contributed by atoms with Crippen LogP contribution in [0.4, 0.5) is 17.3 Å². The molecule has 0 amide bonds. The Balaban J connectivity index is 1.70. The van der Waals surface area contributed by atoms with Crippen molar-refractivity contribution in [2.75, 3.05) is 35.6 Å². The van der Waals surface area contributed by atoms with Gasteiger partial charge < -0.3 is 20.7 Å².